The molecule has 0 aliphatic carbocycles. The molecule has 56 heavy (non-hydrogen) atoms. The molecule has 12 heteroatoms. The summed E-state index contributed by atoms with van der Waals surface area (Å²) in [5, 5.41) is 20.3. The minimum absolute atomic E-state index is 0.0388. The molecule has 0 aliphatic heterocycles. The van der Waals surface area contributed by atoms with E-state index in [-0.39, 0.29) is 30.5 Å². The molecule has 0 spiro atoms. The topological polar surface area (TPSA) is 190 Å². The predicted octanol–water partition coefficient (Wildman–Crippen LogP) is 7.93. The number of carbonyl (C=O) groups excluding carboxylic acids is 3. The van der Waals surface area contributed by atoms with E-state index >= 15 is 0 Å². The van der Waals surface area contributed by atoms with E-state index in [1.807, 2.05) is 36.4 Å². The van der Waals surface area contributed by atoms with Crippen molar-refractivity contribution in [2.45, 2.75) is 96.7 Å². The zero-order valence-electron chi connectivity index (χ0n) is 32.3. The number of carbonyl (C=O) groups is 3. The zero-order valence-corrected chi connectivity index (χ0v) is 33.2. The van der Waals surface area contributed by atoms with E-state index in [0.29, 0.717) is 51.5 Å². The van der Waals surface area contributed by atoms with Gasteiger partial charge in [0.05, 0.1) is 24.1 Å². The number of thiophene rings is 1. The Labute approximate surface area is 333 Å². The van der Waals surface area contributed by atoms with E-state index in [1.54, 1.807) is 46.8 Å². The van der Waals surface area contributed by atoms with Crippen molar-refractivity contribution in [2.24, 2.45) is 17.2 Å². The Morgan fingerprint density at radius 3 is 2.21 bits per heavy atom. The maximum atomic E-state index is 14.0. The Hall–Kier alpha value is -4.85. The fraction of sp³-hybridized carbons (Fsp3) is 0.386. The molecule has 9 N–H and O–H groups in total. The van der Waals surface area contributed by atoms with Gasteiger partial charge >= 0.3 is 0 Å². The minimum Gasteiger partial charge on any atom is -0.508 e. The van der Waals surface area contributed by atoms with Crippen LogP contribution in [-0.2, 0) is 17.8 Å². The maximum Gasteiger partial charge on any atom is 0.256 e. The number of nitrogens with one attached hydrogen (secondary N) is 1. The summed E-state index contributed by atoms with van der Waals surface area (Å²) in [6.45, 7) is 3.49. The van der Waals surface area contributed by atoms with Gasteiger partial charge < -0.3 is 31.8 Å². The summed E-state index contributed by atoms with van der Waals surface area (Å²) in [7, 11) is 0. The summed E-state index contributed by atoms with van der Waals surface area (Å²) in [6, 6.07) is 23.5. The van der Waals surface area contributed by atoms with Gasteiger partial charge in [-0.05, 0) is 85.0 Å². The van der Waals surface area contributed by atoms with Gasteiger partial charge in [0.15, 0.2) is 0 Å². The van der Waals surface area contributed by atoms with Gasteiger partial charge in [-0.15, -0.1) is 11.3 Å². The number of aryl methyl sites for hydroxylation is 1. The molecule has 0 saturated heterocycles. The largest absolute Gasteiger partial charge is 0.508 e. The van der Waals surface area contributed by atoms with Gasteiger partial charge in [0.1, 0.15) is 5.75 Å². The Morgan fingerprint density at radius 2 is 1.54 bits per heavy atom. The molecule has 298 valence electrons. The highest BCUT2D eigenvalue weighted by molar-refractivity contribution is 7.17. The van der Waals surface area contributed by atoms with Crippen molar-refractivity contribution in [2.75, 3.05) is 13.2 Å². The first-order chi connectivity index (χ1) is 27.2. The van der Waals surface area contributed by atoms with E-state index in [4.69, 9.17) is 17.2 Å². The molecule has 2 heterocycles. The number of hydroxylamine groups is 1. The molecular formula is C44H56N6O5S. The molecule has 2 aromatic heterocycles. The maximum absolute atomic E-state index is 14.0. The van der Waals surface area contributed by atoms with Gasteiger partial charge in [-0.2, -0.15) is 0 Å². The fourth-order valence-corrected chi connectivity index (χ4v) is 8.31. The van der Waals surface area contributed by atoms with Crippen LogP contribution in [-0.4, -0.2) is 56.8 Å². The van der Waals surface area contributed by atoms with Crippen molar-refractivity contribution in [1.82, 2.24) is 14.9 Å². The number of fused-ring (bicyclic) bond motifs is 1. The zero-order chi connectivity index (χ0) is 40.0. The third kappa shape index (κ3) is 10.7. The first-order valence-electron chi connectivity index (χ1n) is 19.8. The lowest BCUT2D eigenvalue weighted by Crippen LogP contribution is -2.48. The van der Waals surface area contributed by atoms with Crippen molar-refractivity contribution < 1.29 is 24.7 Å². The van der Waals surface area contributed by atoms with Gasteiger partial charge in [-0.3, -0.25) is 19.6 Å². The van der Waals surface area contributed by atoms with Crippen LogP contribution in [0.1, 0.15) is 109 Å². The van der Waals surface area contributed by atoms with Crippen molar-refractivity contribution in [3.05, 3.63) is 100 Å². The smallest absolute Gasteiger partial charge is 0.256 e. The van der Waals surface area contributed by atoms with E-state index in [1.165, 1.54) is 49.9 Å². The Kier molecular flexibility index (Phi) is 15.8. The molecule has 0 radical (unpaired) electrons. The molecule has 11 nitrogen and oxygen atoms in total. The molecule has 1 unspecified atom stereocenters. The Balaban J connectivity index is 1.37. The summed E-state index contributed by atoms with van der Waals surface area (Å²) in [4.78, 5) is 42.4. The summed E-state index contributed by atoms with van der Waals surface area (Å²) in [5.41, 5.74) is 25.0. The molecular weight excluding hydrogens is 725 g/mol. The molecule has 5 rings (SSSR count). The highest BCUT2D eigenvalue weighted by Crippen LogP contribution is 2.37. The fourth-order valence-electron chi connectivity index (χ4n) is 7.17. The number of rotatable bonds is 22. The van der Waals surface area contributed by atoms with E-state index in [9.17, 15) is 24.7 Å². The molecule has 0 bridgehead atoms. The third-order valence-electron chi connectivity index (χ3n) is 10.3. The number of hydrogen-bond acceptors (Lipinski definition) is 9. The number of unbranched alkanes of at least 4 members (excludes halogenated alkanes) is 8. The molecule has 0 saturated carbocycles. The van der Waals surface area contributed by atoms with Gasteiger partial charge in [-0.25, -0.2) is 5.48 Å². The second-order valence-corrected chi connectivity index (χ2v) is 15.4. The number of nitrogens with two attached hydrogens (primary N) is 3. The lowest BCUT2D eigenvalue weighted by atomic mass is 10.0. The number of amides is 2. The lowest BCUT2D eigenvalue weighted by molar-refractivity contribution is -0.128. The van der Waals surface area contributed by atoms with Crippen molar-refractivity contribution in [3.63, 3.8) is 0 Å². The highest BCUT2D eigenvalue weighted by atomic mass is 32.1. The van der Waals surface area contributed by atoms with Crippen LogP contribution < -0.4 is 22.7 Å². The van der Waals surface area contributed by atoms with Gasteiger partial charge in [0, 0.05) is 39.1 Å². The molecule has 0 fully saturated rings. The number of aromatic nitrogens is 1. The number of hydrogen-bond donors (Lipinski definition) is 6. The number of phenols is 1. The molecule has 3 aromatic carbocycles. The SMILES string of the molecule is CCCCCCCCCCC(N)N(CN)C(=O)c1ccc(-c2cc3ccc(C(=O)c4cc(CC(=O)NO)c(-c5cccc(O)c5)s4)cc3n2CCCCN)cc1. The van der Waals surface area contributed by atoms with Crippen molar-refractivity contribution >= 4 is 39.8 Å². The van der Waals surface area contributed by atoms with E-state index in [2.05, 4.69) is 17.6 Å². The summed E-state index contributed by atoms with van der Waals surface area (Å²) >= 11 is 1.23. The summed E-state index contributed by atoms with van der Waals surface area (Å²) in [6.07, 6.45) is 11.3. The number of nitrogens with zero attached hydrogens (tertiary/aromatic N) is 2. The number of aromatic hydroxyl groups is 1. The third-order valence-corrected chi connectivity index (χ3v) is 11.5. The second kappa shape index (κ2) is 20.9. The van der Waals surface area contributed by atoms with Crippen molar-refractivity contribution in [1.29, 1.82) is 0 Å². The quantitative estimate of drug-likeness (QED) is 0.0134. The number of phenolic OH excluding ortho intramolecular Hbond substituents is 1. The minimum atomic E-state index is -0.612. The number of ketones is 1. The highest BCUT2D eigenvalue weighted by Gasteiger charge is 2.23. The van der Waals surface area contributed by atoms with Gasteiger partial charge in [0.25, 0.3) is 5.91 Å². The van der Waals surface area contributed by atoms with Crippen LogP contribution in [0.3, 0.4) is 0 Å². The van der Waals surface area contributed by atoms with E-state index in [0.717, 1.165) is 47.8 Å². The van der Waals surface area contributed by atoms with Crippen LogP contribution in [0.4, 0.5) is 0 Å². The van der Waals surface area contributed by atoms with E-state index < -0.39 is 12.1 Å². The lowest BCUT2D eigenvalue weighted by Gasteiger charge is -2.27. The molecule has 1 atom stereocenters. The first kappa shape index (κ1) is 42.3. The van der Waals surface area contributed by atoms with Gasteiger partial charge in [0.2, 0.25) is 11.7 Å². The van der Waals surface area contributed by atoms with Crippen LogP contribution in [0.2, 0.25) is 0 Å². The van der Waals surface area contributed by atoms with Crippen LogP contribution in [0.5, 0.6) is 5.75 Å². The predicted molar refractivity (Wildman–Crippen MR) is 225 cm³/mol. The Morgan fingerprint density at radius 1 is 0.821 bits per heavy atom. The molecule has 2 amide bonds. The normalized spacial score (nSPS) is 11.9. The Bertz CT molecular complexity index is 2070. The average Bonchev–Trinajstić information content (AvgIpc) is 3.80. The van der Waals surface area contributed by atoms with Crippen LogP contribution in [0.25, 0.3) is 32.6 Å². The number of benzene rings is 3. The van der Waals surface area contributed by atoms with Crippen molar-refractivity contribution in [3.8, 4) is 27.4 Å². The standard InChI is InChI=1S/C44H56N6O5S/c1-2-3-4-5-6-7-8-9-15-40(47)50(29-46)44(54)31-18-16-30(17-19-31)37-25-32-20-21-33(26-38(32)49(37)23-11-10-22-45)42(53)39-27-35(28-41(52)48-55)43(56-39)34-13-12-14-36(51)24-34/h12-14,16-21,24-27,40,51,55H,2-11,15,22-23,28-29,45-47H2,1H3,(H,48,52). The first-order valence-corrected chi connectivity index (χ1v) is 20.6. The second-order valence-electron chi connectivity index (χ2n) is 14.4. The van der Waals surface area contributed by atoms with Crippen LogP contribution in [0, 0.1) is 0 Å². The molecule has 5 aromatic rings. The van der Waals surface area contributed by atoms with Crippen LogP contribution >= 0.6 is 11.3 Å². The van der Waals surface area contributed by atoms with Gasteiger partial charge in [-0.1, -0.05) is 94.7 Å². The average molecular weight is 781 g/mol. The van der Waals surface area contributed by atoms with Crippen LogP contribution in [0.15, 0.2) is 78.9 Å². The molecule has 0 aliphatic rings. The summed E-state index contributed by atoms with van der Waals surface area (Å²) in [5.74, 6) is -0.957. The monoisotopic (exact) mass is 780 g/mol. The summed E-state index contributed by atoms with van der Waals surface area (Å²) < 4.78 is 2.19.